The van der Waals surface area contributed by atoms with Crippen LogP contribution in [0.3, 0.4) is 0 Å². The number of ether oxygens (including phenoxy) is 1. The maximum atomic E-state index is 5.61. The smallest absolute Gasteiger partial charge is 0.161 e. The second-order valence-corrected chi connectivity index (χ2v) is 2.70. The second-order valence-electron chi connectivity index (χ2n) is 2.70. The average molecular weight is 150 g/mol. The molecule has 1 heterocycles. The second kappa shape index (κ2) is 2.05. The summed E-state index contributed by atoms with van der Waals surface area (Å²) in [4.78, 5) is 2.02. The average Bonchev–Trinajstić information content (AvgIpc) is 2.33. The van der Waals surface area contributed by atoms with E-state index in [0.29, 0.717) is 6.73 Å². The summed E-state index contributed by atoms with van der Waals surface area (Å²) in [5.74, 6) is 0.918. The van der Waals surface area contributed by atoms with Gasteiger partial charge in [-0.3, -0.25) is 0 Å². The summed E-state index contributed by atoms with van der Waals surface area (Å²) in [7, 11) is 1.98. The molecule has 1 aromatic rings. The molecule has 0 saturated carbocycles. The largest absolute Gasteiger partial charge is 0.471 e. The molecule has 0 radical (unpaired) electrons. The van der Waals surface area contributed by atoms with Gasteiger partial charge < -0.3 is 15.4 Å². The van der Waals surface area contributed by atoms with Crippen LogP contribution >= 0.6 is 0 Å². The fourth-order valence-electron chi connectivity index (χ4n) is 1.19. The van der Waals surface area contributed by atoms with Crippen LogP contribution in [-0.4, -0.2) is 13.8 Å². The van der Waals surface area contributed by atoms with Crippen molar-refractivity contribution < 1.29 is 4.74 Å². The Morgan fingerprint density at radius 1 is 1.55 bits per heavy atom. The van der Waals surface area contributed by atoms with E-state index in [1.54, 1.807) is 0 Å². The van der Waals surface area contributed by atoms with Crippen LogP contribution in [0.25, 0.3) is 0 Å². The number of anilines is 2. The minimum absolute atomic E-state index is 0.624. The quantitative estimate of drug-likeness (QED) is 0.562. The fraction of sp³-hybridized carbons (Fsp3) is 0.250. The molecule has 58 valence electrons. The van der Waals surface area contributed by atoms with Crippen molar-refractivity contribution >= 4 is 11.4 Å². The normalized spacial score (nSPS) is 14.5. The Bertz CT molecular complexity index is 285. The van der Waals surface area contributed by atoms with Crippen molar-refractivity contribution in [2.24, 2.45) is 0 Å². The zero-order chi connectivity index (χ0) is 7.84. The van der Waals surface area contributed by atoms with Gasteiger partial charge in [-0.1, -0.05) is 0 Å². The summed E-state index contributed by atoms with van der Waals surface area (Å²) in [6, 6.07) is 5.66. The number of nitrogens with two attached hydrogens (primary N) is 1. The van der Waals surface area contributed by atoms with E-state index in [1.807, 2.05) is 30.1 Å². The molecule has 0 aromatic heterocycles. The van der Waals surface area contributed by atoms with E-state index >= 15 is 0 Å². The Morgan fingerprint density at radius 2 is 2.36 bits per heavy atom. The first-order valence-electron chi connectivity index (χ1n) is 3.51. The van der Waals surface area contributed by atoms with Crippen LogP contribution in [0.2, 0.25) is 0 Å². The standard InChI is InChI=1S/C8H10N2O/c1-10-5-11-8-3-2-6(9)4-7(8)10/h2-4H,5,9H2,1H3. The number of hydrogen-bond donors (Lipinski definition) is 1. The van der Waals surface area contributed by atoms with Crippen LogP contribution < -0.4 is 15.4 Å². The highest BCUT2D eigenvalue weighted by atomic mass is 16.5. The number of benzene rings is 1. The summed E-state index contributed by atoms with van der Waals surface area (Å²) < 4.78 is 5.34. The van der Waals surface area contributed by atoms with Gasteiger partial charge in [0.1, 0.15) is 5.75 Å². The van der Waals surface area contributed by atoms with Crippen LogP contribution in [0, 0.1) is 0 Å². The molecule has 0 aliphatic carbocycles. The third-order valence-electron chi connectivity index (χ3n) is 1.81. The van der Waals surface area contributed by atoms with Crippen molar-refractivity contribution in [2.45, 2.75) is 0 Å². The van der Waals surface area contributed by atoms with Crippen LogP contribution in [0.4, 0.5) is 11.4 Å². The molecule has 2 rings (SSSR count). The molecule has 0 atom stereocenters. The van der Waals surface area contributed by atoms with Gasteiger partial charge in [-0.2, -0.15) is 0 Å². The van der Waals surface area contributed by atoms with Crippen LogP contribution in [-0.2, 0) is 0 Å². The molecule has 0 unspecified atom stereocenters. The molecular weight excluding hydrogens is 140 g/mol. The van der Waals surface area contributed by atoms with Crippen LogP contribution in [0.1, 0.15) is 0 Å². The predicted octanol–water partition coefficient (Wildman–Crippen LogP) is 1.05. The Labute approximate surface area is 65.4 Å². The van der Waals surface area contributed by atoms with Crippen LogP contribution in [0.15, 0.2) is 18.2 Å². The topological polar surface area (TPSA) is 38.5 Å². The van der Waals surface area contributed by atoms with E-state index in [1.165, 1.54) is 0 Å². The number of nitrogens with zero attached hydrogens (tertiary/aromatic N) is 1. The predicted molar refractivity (Wildman–Crippen MR) is 44.8 cm³/mol. The fourth-order valence-corrected chi connectivity index (χ4v) is 1.19. The Kier molecular flexibility index (Phi) is 1.18. The number of hydrogen-bond acceptors (Lipinski definition) is 3. The van der Waals surface area contributed by atoms with E-state index in [4.69, 9.17) is 10.5 Å². The van der Waals surface area contributed by atoms with Crippen molar-refractivity contribution in [3.8, 4) is 5.75 Å². The highest BCUT2D eigenvalue weighted by Crippen LogP contribution is 2.33. The highest BCUT2D eigenvalue weighted by Gasteiger charge is 2.15. The van der Waals surface area contributed by atoms with E-state index in [-0.39, 0.29) is 0 Å². The third kappa shape index (κ3) is 0.888. The van der Waals surface area contributed by atoms with Gasteiger partial charge >= 0.3 is 0 Å². The van der Waals surface area contributed by atoms with Gasteiger partial charge in [0.05, 0.1) is 5.69 Å². The van der Waals surface area contributed by atoms with Gasteiger partial charge in [-0.05, 0) is 18.2 Å². The molecule has 0 bridgehead atoms. The molecule has 3 nitrogen and oxygen atoms in total. The first-order chi connectivity index (χ1) is 5.27. The van der Waals surface area contributed by atoms with Gasteiger partial charge in [0.25, 0.3) is 0 Å². The summed E-state index contributed by atoms with van der Waals surface area (Å²) >= 11 is 0. The Hall–Kier alpha value is -1.38. The molecule has 0 amide bonds. The SMILES string of the molecule is CN1COc2ccc(N)cc21. The van der Waals surface area contributed by atoms with Crippen molar-refractivity contribution in [1.82, 2.24) is 0 Å². The number of fused-ring (bicyclic) bond motifs is 1. The summed E-state index contributed by atoms with van der Waals surface area (Å²) in [5.41, 5.74) is 7.46. The van der Waals surface area contributed by atoms with Crippen molar-refractivity contribution in [2.75, 3.05) is 24.4 Å². The van der Waals surface area contributed by atoms with Crippen LogP contribution in [0.5, 0.6) is 5.75 Å². The van der Waals surface area contributed by atoms with Gasteiger partial charge in [-0.25, -0.2) is 0 Å². The first-order valence-corrected chi connectivity index (χ1v) is 3.51. The minimum Gasteiger partial charge on any atom is -0.471 e. The molecular formula is C8H10N2O. The molecule has 0 saturated heterocycles. The zero-order valence-electron chi connectivity index (χ0n) is 6.37. The first kappa shape index (κ1) is 6.34. The van der Waals surface area contributed by atoms with E-state index in [9.17, 15) is 0 Å². The molecule has 1 aliphatic heterocycles. The molecule has 1 aliphatic rings. The minimum atomic E-state index is 0.624. The highest BCUT2D eigenvalue weighted by molar-refractivity contribution is 5.66. The monoisotopic (exact) mass is 150 g/mol. The van der Waals surface area contributed by atoms with E-state index < -0.39 is 0 Å². The summed E-state index contributed by atoms with van der Waals surface area (Å²) in [6.45, 7) is 0.624. The molecule has 3 heteroatoms. The lowest BCUT2D eigenvalue weighted by molar-refractivity contribution is 0.353. The molecule has 11 heavy (non-hydrogen) atoms. The summed E-state index contributed by atoms with van der Waals surface area (Å²) in [6.07, 6.45) is 0. The van der Waals surface area contributed by atoms with Crippen molar-refractivity contribution in [3.63, 3.8) is 0 Å². The number of rotatable bonds is 0. The van der Waals surface area contributed by atoms with Crippen molar-refractivity contribution in [1.29, 1.82) is 0 Å². The maximum Gasteiger partial charge on any atom is 0.161 e. The third-order valence-corrected chi connectivity index (χ3v) is 1.81. The molecule has 0 fully saturated rings. The van der Waals surface area contributed by atoms with E-state index in [0.717, 1.165) is 17.1 Å². The Morgan fingerprint density at radius 3 is 3.18 bits per heavy atom. The lowest BCUT2D eigenvalue weighted by Crippen LogP contribution is -2.14. The zero-order valence-corrected chi connectivity index (χ0v) is 6.37. The number of nitrogen functional groups attached to an aromatic ring is 1. The lowest BCUT2D eigenvalue weighted by Gasteiger charge is -2.07. The molecule has 1 aromatic carbocycles. The van der Waals surface area contributed by atoms with E-state index in [2.05, 4.69) is 0 Å². The summed E-state index contributed by atoms with van der Waals surface area (Å²) in [5, 5.41) is 0. The molecule has 2 N–H and O–H groups in total. The Balaban J connectivity index is 2.52. The molecule has 0 spiro atoms. The van der Waals surface area contributed by atoms with Gasteiger partial charge in [0.2, 0.25) is 0 Å². The van der Waals surface area contributed by atoms with Gasteiger partial charge in [-0.15, -0.1) is 0 Å². The van der Waals surface area contributed by atoms with Gasteiger partial charge in [0, 0.05) is 12.7 Å². The van der Waals surface area contributed by atoms with Gasteiger partial charge in [0.15, 0.2) is 6.73 Å². The maximum absolute atomic E-state index is 5.61. The van der Waals surface area contributed by atoms with Crippen molar-refractivity contribution in [3.05, 3.63) is 18.2 Å². The lowest BCUT2D eigenvalue weighted by atomic mass is 10.2.